The van der Waals surface area contributed by atoms with E-state index in [-0.39, 0.29) is 12.1 Å². The molecule has 2 aliphatic rings. The molecular formula is C21H23NO2. The van der Waals surface area contributed by atoms with E-state index < -0.39 is 5.60 Å². The number of nitrogens with zero attached hydrogens (tertiary/aromatic N) is 1. The fraction of sp³-hybridized carbons (Fsp3) is 0.381. The van der Waals surface area contributed by atoms with Crippen LogP contribution < -0.4 is 0 Å². The van der Waals surface area contributed by atoms with E-state index >= 15 is 0 Å². The lowest BCUT2D eigenvalue weighted by atomic mass is 9.77. The lowest BCUT2D eigenvalue weighted by Gasteiger charge is -2.41. The van der Waals surface area contributed by atoms with Gasteiger partial charge in [0.2, 0.25) is 0 Å². The molecule has 3 heteroatoms. The lowest BCUT2D eigenvalue weighted by Crippen LogP contribution is -2.44. The fourth-order valence-electron chi connectivity index (χ4n) is 3.93. The smallest absolute Gasteiger partial charge is 0.410 e. The first-order valence-electron chi connectivity index (χ1n) is 8.64. The van der Waals surface area contributed by atoms with Crippen LogP contribution in [0.15, 0.2) is 42.5 Å². The summed E-state index contributed by atoms with van der Waals surface area (Å²) in [6, 6.07) is 15.1. The quantitative estimate of drug-likeness (QED) is 0.701. The first-order valence-corrected chi connectivity index (χ1v) is 8.64. The molecule has 124 valence electrons. The summed E-state index contributed by atoms with van der Waals surface area (Å²) in [5.41, 5.74) is 6.09. The number of carbonyl (C=O) groups is 1. The van der Waals surface area contributed by atoms with Gasteiger partial charge in [-0.05, 0) is 61.4 Å². The van der Waals surface area contributed by atoms with Crippen molar-refractivity contribution in [2.75, 3.05) is 6.54 Å². The second-order valence-corrected chi connectivity index (χ2v) is 7.68. The minimum absolute atomic E-state index is 0.0784. The van der Waals surface area contributed by atoms with E-state index in [0.717, 1.165) is 19.4 Å². The molecule has 0 saturated heterocycles. The predicted octanol–water partition coefficient (Wildman–Crippen LogP) is 4.74. The topological polar surface area (TPSA) is 29.5 Å². The molecule has 0 bridgehead atoms. The Hall–Kier alpha value is -2.29. The van der Waals surface area contributed by atoms with Crippen LogP contribution in [-0.2, 0) is 17.6 Å². The van der Waals surface area contributed by atoms with E-state index in [1.54, 1.807) is 0 Å². The zero-order valence-corrected chi connectivity index (χ0v) is 14.5. The summed E-state index contributed by atoms with van der Waals surface area (Å²) < 4.78 is 5.66. The molecule has 0 aromatic heterocycles. The monoisotopic (exact) mass is 321 g/mol. The van der Waals surface area contributed by atoms with Crippen LogP contribution in [0.2, 0.25) is 0 Å². The molecule has 1 unspecified atom stereocenters. The molecule has 1 aliphatic carbocycles. The van der Waals surface area contributed by atoms with Crippen LogP contribution >= 0.6 is 0 Å². The third kappa shape index (κ3) is 2.48. The van der Waals surface area contributed by atoms with Crippen LogP contribution in [0, 0.1) is 0 Å². The maximum Gasteiger partial charge on any atom is 0.410 e. The van der Waals surface area contributed by atoms with Gasteiger partial charge in [0, 0.05) is 6.54 Å². The Labute approximate surface area is 143 Å². The normalized spacial score (nSPS) is 18.6. The highest BCUT2D eigenvalue weighted by atomic mass is 16.6. The molecule has 0 radical (unpaired) electrons. The number of ether oxygens (including phenoxy) is 1. The second kappa shape index (κ2) is 5.37. The summed E-state index contributed by atoms with van der Waals surface area (Å²) in [6.45, 7) is 6.48. The Kier molecular flexibility index (Phi) is 3.41. The summed E-state index contributed by atoms with van der Waals surface area (Å²) in [6.07, 6.45) is 1.55. The summed E-state index contributed by atoms with van der Waals surface area (Å²) in [5.74, 6) is 0. The summed E-state index contributed by atoms with van der Waals surface area (Å²) in [5, 5.41) is 0. The van der Waals surface area contributed by atoms with Crippen molar-refractivity contribution in [2.24, 2.45) is 0 Å². The van der Waals surface area contributed by atoms with Crippen LogP contribution in [0.1, 0.15) is 43.5 Å². The molecule has 1 aliphatic heterocycles. The molecule has 3 nitrogen and oxygen atoms in total. The zero-order chi connectivity index (χ0) is 16.9. The third-order valence-electron chi connectivity index (χ3n) is 4.88. The maximum atomic E-state index is 12.7. The SMILES string of the molecule is CC(C)(C)OC(=O)N1CCc2cccc3c2C1Cc1ccccc1-3. The van der Waals surface area contributed by atoms with Crippen molar-refractivity contribution in [3.63, 3.8) is 0 Å². The molecule has 2 aromatic rings. The van der Waals surface area contributed by atoms with Gasteiger partial charge < -0.3 is 9.64 Å². The van der Waals surface area contributed by atoms with Crippen molar-refractivity contribution < 1.29 is 9.53 Å². The molecule has 0 N–H and O–H groups in total. The van der Waals surface area contributed by atoms with E-state index in [1.165, 1.54) is 27.8 Å². The zero-order valence-electron chi connectivity index (χ0n) is 14.5. The molecule has 1 amide bonds. The van der Waals surface area contributed by atoms with E-state index in [4.69, 9.17) is 4.74 Å². The Morgan fingerprint density at radius 1 is 1.04 bits per heavy atom. The standard InChI is InChI=1S/C21H23NO2/c1-21(2,3)24-20(23)22-12-11-14-8-6-10-17-16-9-5-4-7-15(16)13-18(22)19(14)17/h4-10,18H,11-13H2,1-3H3. The summed E-state index contributed by atoms with van der Waals surface area (Å²) >= 11 is 0. The van der Waals surface area contributed by atoms with Crippen LogP contribution in [0.5, 0.6) is 0 Å². The van der Waals surface area contributed by atoms with Gasteiger partial charge in [0.15, 0.2) is 0 Å². The van der Waals surface area contributed by atoms with E-state index in [0.29, 0.717) is 0 Å². The van der Waals surface area contributed by atoms with Gasteiger partial charge in [0.25, 0.3) is 0 Å². The van der Waals surface area contributed by atoms with Crippen LogP contribution in [0.4, 0.5) is 4.79 Å². The van der Waals surface area contributed by atoms with E-state index in [1.807, 2.05) is 25.7 Å². The van der Waals surface area contributed by atoms with Gasteiger partial charge >= 0.3 is 6.09 Å². The number of hydrogen-bond donors (Lipinski definition) is 0. The van der Waals surface area contributed by atoms with Crippen molar-refractivity contribution in [3.05, 3.63) is 59.2 Å². The van der Waals surface area contributed by atoms with Gasteiger partial charge in [0.05, 0.1) is 6.04 Å². The van der Waals surface area contributed by atoms with Gasteiger partial charge in [0.1, 0.15) is 5.60 Å². The molecule has 1 atom stereocenters. The number of carbonyl (C=O) groups excluding carboxylic acids is 1. The van der Waals surface area contributed by atoms with Crippen LogP contribution in [-0.4, -0.2) is 23.1 Å². The minimum Gasteiger partial charge on any atom is -0.444 e. The molecule has 0 saturated carbocycles. The summed E-state index contributed by atoms with van der Waals surface area (Å²) in [7, 11) is 0. The molecule has 24 heavy (non-hydrogen) atoms. The molecule has 2 aromatic carbocycles. The molecule has 0 fully saturated rings. The third-order valence-corrected chi connectivity index (χ3v) is 4.88. The largest absolute Gasteiger partial charge is 0.444 e. The number of hydrogen-bond acceptors (Lipinski definition) is 2. The molecule has 1 heterocycles. The molecule has 4 rings (SSSR count). The van der Waals surface area contributed by atoms with Crippen LogP contribution in [0.25, 0.3) is 11.1 Å². The van der Waals surface area contributed by atoms with Gasteiger partial charge in [-0.2, -0.15) is 0 Å². The van der Waals surface area contributed by atoms with Gasteiger partial charge in [-0.1, -0.05) is 42.5 Å². The predicted molar refractivity (Wildman–Crippen MR) is 95.0 cm³/mol. The second-order valence-electron chi connectivity index (χ2n) is 7.68. The molecular weight excluding hydrogens is 298 g/mol. The number of rotatable bonds is 0. The van der Waals surface area contributed by atoms with Crippen LogP contribution in [0.3, 0.4) is 0 Å². The molecule has 0 spiro atoms. The highest BCUT2D eigenvalue weighted by molar-refractivity contribution is 5.78. The summed E-state index contributed by atoms with van der Waals surface area (Å²) in [4.78, 5) is 14.7. The Morgan fingerprint density at radius 3 is 2.54 bits per heavy atom. The van der Waals surface area contributed by atoms with Gasteiger partial charge in [-0.25, -0.2) is 4.79 Å². The van der Waals surface area contributed by atoms with E-state index in [9.17, 15) is 4.79 Å². The van der Waals surface area contributed by atoms with E-state index in [2.05, 4.69) is 42.5 Å². The van der Waals surface area contributed by atoms with Gasteiger partial charge in [-0.3, -0.25) is 0 Å². The Bertz CT molecular complexity index is 804. The van der Waals surface area contributed by atoms with Crippen molar-refractivity contribution in [1.29, 1.82) is 0 Å². The van der Waals surface area contributed by atoms with Gasteiger partial charge in [-0.15, -0.1) is 0 Å². The average molecular weight is 321 g/mol. The number of benzene rings is 2. The lowest BCUT2D eigenvalue weighted by molar-refractivity contribution is 0.0140. The highest BCUT2D eigenvalue weighted by Crippen LogP contribution is 2.45. The Balaban J connectivity index is 1.79. The highest BCUT2D eigenvalue weighted by Gasteiger charge is 2.37. The maximum absolute atomic E-state index is 12.7. The average Bonchev–Trinajstić information content (AvgIpc) is 2.53. The minimum atomic E-state index is -0.469. The van der Waals surface area contributed by atoms with Crippen molar-refractivity contribution in [3.8, 4) is 11.1 Å². The first-order chi connectivity index (χ1) is 11.4. The fourth-order valence-corrected chi connectivity index (χ4v) is 3.93. The van der Waals surface area contributed by atoms with Crippen molar-refractivity contribution in [1.82, 2.24) is 4.90 Å². The Morgan fingerprint density at radius 2 is 1.75 bits per heavy atom. The number of fused-ring (bicyclic) bond motifs is 2. The first kappa shape index (κ1) is 15.3. The van der Waals surface area contributed by atoms with Crippen molar-refractivity contribution >= 4 is 6.09 Å². The number of amides is 1. The van der Waals surface area contributed by atoms with Crippen molar-refractivity contribution in [2.45, 2.75) is 45.3 Å².